The minimum atomic E-state index is -0.917. The molecule has 1 saturated carbocycles. The minimum Gasteiger partial charge on any atom is -0.396 e. The first kappa shape index (κ1) is 12.3. The van der Waals surface area contributed by atoms with Gasteiger partial charge in [-0.05, 0) is 6.42 Å². The van der Waals surface area contributed by atoms with Gasteiger partial charge < -0.3 is 26.0 Å². The van der Waals surface area contributed by atoms with Crippen molar-refractivity contribution in [3.05, 3.63) is 18.1 Å². The molecule has 0 amide bonds. The second-order valence-corrected chi connectivity index (χ2v) is 4.99. The molecule has 3 rings (SSSR count). The van der Waals surface area contributed by atoms with Crippen molar-refractivity contribution in [1.82, 2.24) is 15.0 Å². The van der Waals surface area contributed by atoms with Crippen LogP contribution in [-0.2, 0) is 0 Å². The van der Waals surface area contributed by atoms with Crippen molar-refractivity contribution < 1.29 is 15.3 Å². The molecule has 7 heteroatoms. The fraction of sp³-hybridized carbons (Fsp3) is 0.500. The van der Waals surface area contributed by atoms with Gasteiger partial charge in [-0.15, -0.1) is 0 Å². The Morgan fingerprint density at radius 3 is 2.79 bits per heavy atom. The number of nitrogens with two attached hydrogens (primary N) is 1. The highest BCUT2D eigenvalue weighted by molar-refractivity contribution is 5.87. The zero-order valence-electron chi connectivity index (χ0n) is 10.2. The van der Waals surface area contributed by atoms with Crippen LogP contribution in [0.3, 0.4) is 0 Å². The quantitative estimate of drug-likeness (QED) is 0.490. The van der Waals surface area contributed by atoms with E-state index in [-0.39, 0.29) is 18.4 Å². The maximum Gasteiger partial charge on any atom is 0.151 e. The third-order valence-electron chi connectivity index (χ3n) is 3.96. The molecule has 0 spiro atoms. The van der Waals surface area contributed by atoms with Gasteiger partial charge in [-0.25, -0.2) is 9.97 Å². The number of aliphatic hydroxyl groups excluding tert-OH is 3. The molecular formula is C12H16N4O3. The number of nitrogen functional groups attached to an aromatic ring is 1. The Kier molecular flexibility index (Phi) is 2.89. The molecule has 2 aromatic rings. The zero-order valence-corrected chi connectivity index (χ0v) is 10.2. The van der Waals surface area contributed by atoms with Gasteiger partial charge in [-0.2, -0.15) is 0 Å². The number of nitrogens with zero attached hydrogens (tertiary/aromatic N) is 2. The molecule has 2 aromatic heterocycles. The van der Waals surface area contributed by atoms with Gasteiger partial charge >= 0.3 is 0 Å². The first-order chi connectivity index (χ1) is 9.13. The molecule has 1 fully saturated rings. The molecule has 102 valence electrons. The Bertz CT molecular complexity index is 600. The van der Waals surface area contributed by atoms with E-state index in [1.807, 2.05) is 0 Å². The predicted molar refractivity (Wildman–Crippen MR) is 68.2 cm³/mol. The summed E-state index contributed by atoms with van der Waals surface area (Å²) in [4.78, 5) is 11.1. The molecule has 19 heavy (non-hydrogen) atoms. The first-order valence-corrected chi connectivity index (χ1v) is 6.18. The van der Waals surface area contributed by atoms with E-state index in [1.165, 1.54) is 6.33 Å². The standard InChI is InChI=1S/C12H16N4O3/c13-12-9-8(15-4-16-12)7(2-14-9)6-1-5(3-17)10(18)11(6)19/h2,4-6,10-11,14,17-19H,1,3H2,(H2,13,15,16). The summed E-state index contributed by atoms with van der Waals surface area (Å²) < 4.78 is 0. The summed E-state index contributed by atoms with van der Waals surface area (Å²) in [6.07, 6.45) is 1.79. The Hall–Kier alpha value is -1.70. The summed E-state index contributed by atoms with van der Waals surface area (Å²) in [5, 5.41) is 29.2. The van der Waals surface area contributed by atoms with Crippen molar-refractivity contribution in [3.8, 4) is 0 Å². The van der Waals surface area contributed by atoms with Crippen molar-refractivity contribution in [2.75, 3.05) is 12.3 Å². The largest absolute Gasteiger partial charge is 0.396 e. The summed E-state index contributed by atoms with van der Waals surface area (Å²) in [6, 6.07) is 0. The van der Waals surface area contributed by atoms with E-state index in [9.17, 15) is 15.3 Å². The number of aromatic nitrogens is 3. The number of anilines is 1. The van der Waals surface area contributed by atoms with Gasteiger partial charge in [0.1, 0.15) is 11.8 Å². The normalized spacial score (nSPS) is 31.1. The monoisotopic (exact) mass is 264 g/mol. The molecule has 4 atom stereocenters. The Labute approximate surface area is 109 Å². The van der Waals surface area contributed by atoms with Crippen LogP contribution in [0.15, 0.2) is 12.5 Å². The van der Waals surface area contributed by atoms with Crippen molar-refractivity contribution in [2.45, 2.75) is 24.5 Å². The Morgan fingerprint density at radius 2 is 2.11 bits per heavy atom. The smallest absolute Gasteiger partial charge is 0.151 e. The van der Waals surface area contributed by atoms with E-state index in [0.717, 1.165) is 5.56 Å². The van der Waals surface area contributed by atoms with Gasteiger partial charge in [0.25, 0.3) is 0 Å². The molecule has 0 radical (unpaired) electrons. The molecule has 1 aliphatic rings. The lowest BCUT2D eigenvalue weighted by Gasteiger charge is -2.15. The van der Waals surface area contributed by atoms with Crippen LogP contribution >= 0.6 is 0 Å². The summed E-state index contributed by atoms with van der Waals surface area (Å²) >= 11 is 0. The maximum absolute atomic E-state index is 10.1. The highest BCUT2D eigenvalue weighted by Crippen LogP contribution is 2.41. The number of hydrogen-bond acceptors (Lipinski definition) is 6. The van der Waals surface area contributed by atoms with Gasteiger partial charge in [-0.3, -0.25) is 0 Å². The Balaban J connectivity index is 2.04. The van der Waals surface area contributed by atoms with Gasteiger partial charge in [-0.1, -0.05) is 0 Å². The molecular weight excluding hydrogens is 248 g/mol. The highest BCUT2D eigenvalue weighted by Gasteiger charge is 2.42. The number of aliphatic hydroxyl groups is 3. The van der Waals surface area contributed by atoms with Crippen LogP contribution in [-0.4, -0.2) is 49.1 Å². The number of nitrogens with one attached hydrogen (secondary N) is 1. The maximum atomic E-state index is 10.1. The average molecular weight is 264 g/mol. The Morgan fingerprint density at radius 1 is 1.32 bits per heavy atom. The van der Waals surface area contributed by atoms with Gasteiger partial charge in [0, 0.05) is 30.2 Å². The zero-order chi connectivity index (χ0) is 13.6. The average Bonchev–Trinajstić information content (AvgIpc) is 2.94. The van der Waals surface area contributed by atoms with Crippen LogP contribution < -0.4 is 5.73 Å². The molecule has 1 aliphatic carbocycles. The first-order valence-electron chi connectivity index (χ1n) is 6.18. The second-order valence-electron chi connectivity index (χ2n) is 4.99. The molecule has 4 unspecified atom stereocenters. The molecule has 7 nitrogen and oxygen atoms in total. The van der Waals surface area contributed by atoms with Crippen molar-refractivity contribution >= 4 is 16.9 Å². The summed E-state index contributed by atoms with van der Waals surface area (Å²) in [6.45, 7) is -0.145. The number of hydrogen-bond donors (Lipinski definition) is 5. The van der Waals surface area contributed by atoms with Gasteiger partial charge in [0.2, 0.25) is 0 Å². The number of aromatic amines is 1. The van der Waals surface area contributed by atoms with Crippen molar-refractivity contribution in [3.63, 3.8) is 0 Å². The van der Waals surface area contributed by atoms with E-state index < -0.39 is 12.2 Å². The van der Waals surface area contributed by atoms with E-state index in [4.69, 9.17) is 5.73 Å². The fourth-order valence-electron chi connectivity index (χ4n) is 2.88. The third kappa shape index (κ3) is 1.78. The summed E-state index contributed by atoms with van der Waals surface area (Å²) in [7, 11) is 0. The topological polar surface area (TPSA) is 128 Å². The molecule has 2 heterocycles. The van der Waals surface area contributed by atoms with E-state index in [2.05, 4.69) is 15.0 Å². The molecule has 0 saturated heterocycles. The van der Waals surface area contributed by atoms with Gasteiger partial charge in [0.15, 0.2) is 5.82 Å². The van der Waals surface area contributed by atoms with Gasteiger partial charge in [0.05, 0.1) is 17.7 Å². The lowest BCUT2D eigenvalue weighted by molar-refractivity contribution is 0.00241. The van der Waals surface area contributed by atoms with Crippen LogP contribution in [0.1, 0.15) is 17.9 Å². The van der Waals surface area contributed by atoms with Crippen LogP contribution in [0, 0.1) is 5.92 Å². The fourth-order valence-corrected chi connectivity index (χ4v) is 2.88. The predicted octanol–water partition coefficient (Wildman–Crippen LogP) is -0.642. The number of fused-ring (bicyclic) bond motifs is 1. The van der Waals surface area contributed by atoms with E-state index in [1.54, 1.807) is 6.20 Å². The molecule has 0 bridgehead atoms. The highest BCUT2D eigenvalue weighted by atomic mass is 16.3. The second kappa shape index (κ2) is 4.44. The van der Waals surface area contributed by atoms with Crippen LogP contribution in [0.5, 0.6) is 0 Å². The summed E-state index contributed by atoms with van der Waals surface area (Å²) in [5.74, 6) is -0.234. The molecule has 0 aliphatic heterocycles. The van der Waals surface area contributed by atoms with Crippen molar-refractivity contribution in [1.29, 1.82) is 0 Å². The number of rotatable bonds is 2. The third-order valence-corrected chi connectivity index (χ3v) is 3.96. The van der Waals surface area contributed by atoms with E-state index >= 15 is 0 Å². The molecule has 0 aromatic carbocycles. The SMILES string of the molecule is Nc1ncnc2c(C3CC(CO)C(O)C3O)c[nH]c12. The van der Waals surface area contributed by atoms with Crippen molar-refractivity contribution in [2.24, 2.45) is 5.92 Å². The van der Waals surface area contributed by atoms with Crippen LogP contribution in [0.2, 0.25) is 0 Å². The number of H-pyrrole nitrogens is 1. The molecule has 6 N–H and O–H groups in total. The van der Waals surface area contributed by atoms with Crippen LogP contribution in [0.4, 0.5) is 5.82 Å². The lowest BCUT2D eigenvalue weighted by atomic mass is 9.96. The summed E-state index contributed by atoms with van der Waals surface area (Å²) in [5.41, 5.74) is 7.83. The lowest BCUT2D eigenvalue weighted by Crippen LogP contribution is -2.28. The van der Waals surface area contributed by atoms with E-state index in [0.29, 0.717) is 23.3 Å². The van der Waals surface area contributed by atoms with Crippen LogP contribution in [0.25, 0.3) is 11.0 Å². The minimum absolute atomic E-state index is 0.145.